The van der Waals surface area contributed by atoms with Crippen molar-refractivity contribution >= 4 is 5.82 Å². The van der Waals surface area contributed by atoms with Crippen molar-refractivity contribution in [3.05, 3.63) is 41.4 Å². The minimum atomic E-state index is 0.669. The predicted molar refractivity (Wildman–Crippen MR) is 159 cm³/mol. The Morgan fingerprint density at radius 1 is 0.806 bits per heavy atom. The van der Waals surface area contributed by atoms with Crippen LogP contribution in [-0.2, 0) is 12.8 Å². The Morgan fingerprint density at radius 3 is 2.08 bits per heavy atom. The number of aromatic nitrogens is 2. The fourth-order valence-corrected chi connectivity index (χ4v) is 4.74. The standard InChI is InChI=1S/C23H35N5.2C3H8.C2H6/c1-3-26-13-15-28(16-14-26)23-21-9-11-27(12-10-22(21)24-18-25-23)17-20-6-4-5-19(2)7-8-20;2*1-3-2;1-2/h4-6,18,20H,3,7-17H2,1-2H3;2*3H2,1-2H3;1-2H3. The third-order valence-electron chi connectivity index (χ3n) is 6.64. The Labute approximate surface area is 224 Å². The molecule has 1 aromatic heterocycles. The summed E-state index contributed by atoms with van der Waals surface area (Å²) in [4.78, 5) is 17.1. The van der Waals surface area contributed by atoms with E-state index >= 15 is 0 Å². The normalized spacial score (nSPS) is 20.2. The summed E-state index contributed by atoms with van der Waals surface area (Å²) in [6.07, 6.45) is 15.9. The Hall–Kier alpha value is -1.72. The lowest BCUT2D eigenvalue weighted by Crippen LogP contribution is -2.46. The topological polar surface area (TPSA) is 35.5 Å². The predicted octanol–water partition coefficient (Wildman–Crippen LogP) is 6.79. The summed E-state index contributed by atoms with van der Waals surface area (Å²) >= 11 is 0. The van der Waals surface area contributed by atoms with Crippen LogP contribution in [0.15, 0.2) is 30.1 Å². The van der Waals surface area contributed by atoms with Gasteiger partial charge < -0.3 is 14.7 Å². The van der Waals surface area contributed by atoms with Crippen LogP contribution < -0.4 is 4.90 Å². The van der Waals surface area contributed by atoms with Crippen LogP contribution in [0.2, 0.25) is 0 Å². The van der Waals surface area contributed by atoms with Crippen LogP contribution in [0.4, 0.5) is 5.82 Å². The molecular weight excluding hydrogens is 442 g/mol. The van der Waals surface area contributed by atoms with Gasteiger partial charge in [0.2, 0.25) is 0 Å². The van der Waals surface area contributed by atoms with Crippen LogP contribution >= 0.6 is 0 Å². The average molecular weight is 500 g/mol. The van der Waals surface area contributed by atoms with Gasteiger partial charge in [0.05, 0.1) is 5.69 Å². The molecule has 1 aliphatic carbocycles. The molecule has 36 heavy (non-hydrogen) atoms. The third-order valence-corrected chi connectivity index (χ3v) is 6.64. The van der Waals surface area contributed by atoms with Gasteiger partial charge in [-0.2, -0.15) is 0 Å². The van der Waals surface area contributed by atoms with Gasteiger partial charge in [-0.1, -0.05) is 85.1 Å². The molecule has 5 heteroatoms. The lowest BCUT2D eigenvalue weighted by Gasteiger charge is -2.35. The quantitative estimate of drug-likeness (QED) is 0.456. The highest BCUT2D eigenvalue weighted by atomic mass is 15.3. The number of hydrogen-bond acceptors (Lipinski definition) is 5. The van der Waals surface area contributed by atoms with E-state index in [0.717, 1.165) is 58.7 Å². The third kappa shape index (κ3) is 11.1. The van der Waals surface area contributed by atoms with Crippen molar-refractivity contribution in [2.24, 2.45) is 5.92 Å². The van der Waals surface area contributed by atoms with Crippen LogP contribution in [0.5, 0.6) is 0 Å². The van der Waals surface area contributed by atoms with Crippen molar-refractivity contribution in [1.82, 2.24) is 19.8 Å². The lowest BCUT2D eigenvalue weighted by atomic mass is 10.0. The van der Waals surface area contributed by atoms with Crippen LogP contribution in [0.1, 0.15) is 92.3 Å². The first-order valence-corrected chi connectivity index (χ1v) is 14.9. The molecular formula is C31H57N5. The van der Waals surface area contributed by atoms with Gasteiger partial charge in [-0.15, -0.1) is 0 Å². The summed E-state index contributed by atoms with van der Waals surface area (Å²) in [5, 5.41) is 0. The van der Waals surface area contributed by atoms with E-state index in [9.17, 15) is 0 Å². The molecule has 1 unspecified atom stereocenters. The zero-order valence-corrected chi connectivity index (χ0v) is 25.0. The first-order valence-electron chi connectivity index (χ1n) is 14.9. The SMILES string of the molecule is CC.CCC.CCC.CCN1CCN(c2ncnc3c2CCN(CC2C=CC=C(C)CC2)CC3)CC1. The van der Waals surface area contributed by atoms with E-state index in [1.54, 1.807) is 6.33 Å². The first kappa shape index (κ1) is 32.3. The number of allylic oxidation sites excluding steroid dienone is 3. The Balaban J connectivity index is 0.000000725. The molecule has 2 aliphatic heterocycles. The van der Waals surface area contributed by atoms with E-state index in [2.05, 4.69) is 79.5 Å². The maximum atomic E-state index is 4.73. The second kappa shape index (κ2) is 19.4. The van der Waals surface area contributed by atoms with E-state index < -0.39 is 0 Å². The minimum absolute atomic E-state index is 0.669. The minimum Gasteiger partial charge on any atom is -0.354 e. The van der Waals surface area contributed by atoms with Crippen LogP contribution in [-0.4, -0.2) is 72.1 Å². The van der Waals surface area contributed by atoms with Crippen molar-refractivity contribution in [1.29, 1.82) is 0 Å². The van der Waals surface area contributed by atoms with E-state index in [1.165, 1.54) is 54.9 Å². The zero-order valence-electron chi connectivity index (χ0n) is 25.0. The zero-order chi connectivity index (χ0) is 26.8. The molecule has 4 rings (SSSR count). The molecule has 0 amide bonds. The second-order valence-corrected chi connectivity index (χ2v) is 9.96. The van der Waals surface area contributed by atoms with Crippen molar-refractivity contribution in [3.8, 4) is 0 Å². The van der Waals surface area contributed by atoms with Gasteiger partial charge in [-0.3, -0.25) is 0 Å². The molecule has 0 N–H and O–H groups in total. The van der Waals surface area contributed by atoms with Gasteiger partial charge in [0.15, 0.2) is 0 Å². The largest absolute Gasteiger partial charge is 0.354 e. The molecule has 0 aromatic carbocycles. The van der Waals surface area contributed by atoms with Gasteiger partial charge in [-0.05, 0) is 38.6 Å². The highest BCUT2D eigenvalue weighted by Gasteiger charge is 2.24. The highest BCUT2D eigenvalue weighted by Crippen LogP contribution is 2.26. The molecule has 3 heterocycles. The van der Waals surface area contributed by atoms with Gasteiger partial charge in [0.25, 0.3) is 0 Å². The number of fused-ring (bicyclic) bond motifs is 1. The summed E-state index contributed by atoms with van der Waals surface area (Å²) in [6.45, 7) is 26.0. The molecule has 5 nitrogen and oxygen atoms in total. The van der Waals surface area contributed by atoms with E-state index in [-0.39, 0.29) is 0 Å². The lowest BCUT2D eigenvalue weighted by molar-refractivity contribution is 0.254. The molecule has 0 bridgehead atoms. The average Bonchev–Trinajstić information content (AvgIpc) is 3.24. The number of piperazine rings is 1. The van der Waals surface area contributed by atoms with Crippen molar-refractivity contribution in [3.63, 3.8) is 0 Å². The second-order valence-electron chi connectivity index (χ2n) is 9.96. The number of anilines is 1. The van der Waals surface area contributed by atoms with Gasteiger partial charge in [0.1, 0.15) is 12.1 Å². The molecule has 0 spiro atoms. The number of rotatable bonds is 4. The van der Waals surface area contributed by atoms with Crippen LogP contribution in [0, 0.1) is 5.92 Å². The van der Waals surface area contributed by atoms with E-state index in [4.69, 9.17) is 4.98 Å². The Kier molecular flexibility index (Phi) is 17.4. The fraction of sp³-hybridized carbons (Fsp3) is 0.742. The van der Waals surface area contributed by atoms with Crippen LogP contribution in [0.25, 0.3) is 0 Å². The number of likely N-dealkylation sites (N-methyl/N-ethyl adjacent to an activating group) is 1. The maximum Gasteiger partial charge on any atom is 0.135 e. The maximum absolute atomic E-state index is 4.73. The molecule has 3 aliphatic rings. The molecule has 0 saturated carbocycles. The van der Waals surface area contributed by atoms with Crippen molar-refractivity contribution in [2.75, 3.05) is 57.3 Å². The summed E-state index contributed by atoms with van der Waals surface area (Å²) in [7, 11) is 0. The Morgan fingerprint density at radius 2 is 1.44 bits per heavy atom. The van der Waals surface area contributed by atoms with Gasteiger partial charge in [-0.25, -0.2) is 9.97 Å². The first-order chi connectivity index (χ1) is 17.6. The molecule has 1 atom stereocenters. The van der Waals surface area contributed by atoms with E-state index in [0.29, 0.717) is 5.92 Å². The summed E-state index contributed by atoms with van der Waals surface area (Å²) in [6, 6.07) is 0. The molecule has 1 aromatic rings. The monoisotopic (exact) mass is 499 g/mol. The molecule has 206 valence electrons. The summed E-state index contributed by atoms with van der Waals surface area (Å²) < 4.78 is 0. The smallest absolute Gasteiger partial charge is 0.135 e. The molecule has 0 radical (unpaired) electrons. The molecule has 1 saturated heterocycles. The van der Waals surface area contributed by atoms with E-state index in [1.807, 2.05) is 13.8 Å². The Bertz CT molecular complexity index is 747. The van der Waals surface area contributed by atoms with Crippen molar-refractivity contribution in [2.45, 2.75) is 93.9 Å². The highest BCUT2D eigenvalue weighted by molar-refractivity contribution is 5.49. The summed E-state index contributed by atoms with van der Waals surface area (Å²) in [5.41, 5.74) is 4.19. The number of hydrogen-bond donors (Lipinski definition) is 0. The van der Waals surface area contributed by atoms with Gasteiger partial charge >= 0.3 is 0 Å². The molecule has 1 fully saturated rings. The van der Waals surface area contributed by atoms with Crippen molar-refractivity contribution < 1.29 is 0 Å². The number of nitrogens with zero attached hydrogens (tertiary/aromatic N) is 5. The fourth-order valence-electron chi connectivity index (χ4n) is 4.74. The van der Waals surface area contributed by atoms with Gasteiger partial charge in [0, 0.05) is 57.8 Å². The van der Waals surface area contributed by atoms with Crippen LogP contribution in [0.3, 0.4) is 0 Å². The summed E-state index contributed by atoms with van der Waals surface area (Å²) in [5.74, 6) is 1.87.